The van der Waals surface area contributed by atoms with Gasteiger partial charge in [0.1, 0.15) is 12.0 Å². The van der Waals surface area contributed by atoms with E-state index in [0.717, 1.165) is 53.8 Å². The van der Waals surface area contributed by atoms with Crippen molar-refractivity contribution in [1.29, 1.82) is 0 Å². The molecule has 1 aliphatic carbocycles. The molecule has 1 aromatic carbocycles. The summed E-state index contributed by atoms with van der Waals surface area (Å²) in [5.41, 5.74) is 10.8. The van der Waals surface area contributed by atoms with E-state index in [9.17, 15) is 9.90 Å². The number of hydrogen-bond acceptors (Lipinski definition) is 7. The molecule has 1 aliphatic rings. The zero-order valence-corrected chi connectivity index (χ0v) is 21.9. The number of carbonyl (C=O) groups excluding carboxylic acids is 1. The Kier molecular flexibility index (Phi) is 6.40. The number of carbonyl (C=O) groups is 1. The van der Waals surface area contributed by atoms with Gasteiger partial charge in [0.15, 0.2) is 11.4 Å². The first kappa shape index (κ1) is 24.9. The van der Waals surface area contributed by atoms with E-state index in [2.05, 4.69) is 24.1 Å². The third kappa shape index (κ3) is 4.67. The zero-order valence-electron chi connectivity index (χ0n) is 21.9. The molecule has 10 heteroatoms. The zero-order chi connectivity index (χ0) is 27.1. The Bertz CT molecular complexity index is 1630. The molecule has 0 radical (unpaired) electrons. The number of furan rings is 1. The minimum Gasteiger partial charge on any atom is -0.463 e. The number of nitrogens with one attached hydrogen (secondary N) is 1. The van der Waals surface area contributed by atoms with Crippen molar-refractivity contribution in [2.45, 2.75) is 57.6 Å². The molecule has 0 saturated heterocycles. The third-order valence-electron chi connectivity index (χ3n) is 7.32. The van der Waals surface area contributed by atoms with Gasteiger partial charge in [-0.2, -0.15) is 5.10 Å². The van der Waals surface area contributed by atoms with Crippen molar-refractivity contribution in [3.05, 3.63) is 72.6 Å². The summed E-state index contributed by atoms with van der Waals surface area (Å²) < 4.78 is 9.30. The molecule has 0 unspecified atom stereocenters. The van der Waals surface area contributed by atoms with Gasteiger partial charge in [-0.25, -0.2) is 14.6 Å². The number of benzene rings is 1. The average Bonchev–Trinajstić information content (AvgIpc) is 3.69. The number of rotatable bonds is 7. The second-order valence-corrected chi connectivity index (χ2v) is 10.4. The third-order valence-corrected chi connectivity index (χ3v) is 7.32. The van der Waals surface area contributed by atoms with Crippen molar-refractivity contribution in [2.24, 2.45) is 5.73 Å². The number of hydrogen-bond donors (Lipinski definition) is 3. The van der Waals surface area contributed by atoms with Gasteiger partial charge in [0.25, 0.3) is 5.91 Å². The minimum absolute atomic E-state index is 0.126. The van der Waals surface area contributed by atoms with Crippen molar-refractivity contribution in [2.75, 3.05) is 5.32 Å². The summed E-state index contributed by atoms with van der Waals surface area (Å²) >= 11 is 0. The van der Waals surface area contributed by atoms with Crippen molar-refractivity contribution in [1.82, 2.24) is 24.3 Å². The molecule has 4 heterocycles. The van der Waals surface area contributed by atoms with Crippen LogP contribution in [0.25, 0.3) is 33.9 Å². The van der Waals surface area contributed by atoms with Gasteiger partial charge in [-0.15, -0.1) is 0 Å². The van der Waals surface area contributed by atoms with Crippen LogP contribution in [0.2, 0.25) is 0 Å². The lowest BCUT2D eigenvalue weighted by atomic mass is 9.92. The largest absolute Gasteiger partial charge is 0.463 e. The SMILES string of the molecule is CC(C)c1nn(-c2ccc(C(N)=O)c(NC3CCC(O)CC3)c2)c2nccc(-n3cnc(-c4ccco4)c3)c12. The predicted molar refractivity (Wildman–Crippen MR) is 148 cm³/mol. The van der Waals surface area contributed by atoms with E-state index in [-0.39, 0.29) is 18.1 Å². The highest BCUT2D eigenvalue weighted by molar-refractivity contribution is 5.99. The summed E-state index contributed by atoms with van der Waals surface area (Å²) in [6.45, 7) is 4.21. The average molecular weight is 526 g/mol. The Morgan fingerprint density at radius 3 is 2.69 bits per heavy atom. The molecule has 0 spiro atoms. The lowest BCUT2D eigenvalue weighted by Crippen LogP contribution is -2.29. The van der Waals surface area contributed by atoms with Crippen LogP contribution in [0.4, 0.5) is 5.69 Å². The maximum absolute atomic E-state index is 12.2. The molecule has 10 nitrogen and oxygen atoms in total. The number of nitrogens with two attached hydrogens (primary N) is 1. The molecule has 4 N–H and O–H groups in total. The smallest absolute Gasteiger partial charge is 0.250 e. The van der Waals surface area contributed by atoms with Gasteiger partial charge in [0.05, 0.1) is 40.4 Å². The molecule has 39 heavy (non-hydrogen) atoms. The molecular formula is C29H31N7O3. The van der Waals surface area contributed by atoms with Crippen molar-refractivity contribution < 1.29 is 14.3 Å². The lowest BCUT2D eigenvalue weighted by Gasteiger charge is -2.27. The number of fused-ring (bicyclic) bond motifs is 1. The standard InChI is InChI=1S/C29H31N7O3/c1-17(2)27-26-24(35-15-23(32-16-35)25-4-3-13-39-25)11-12-31-29(26)36(34-27)19-7-10-21(28(30)38)22(14-19)33-18-5-8-20(37)9-6-18/h3-4,7,10-18,20,33,37H,5-6,8-9H2,1-2H3,(H2,30,38). The number of aromatic nitrogens is 5. The highest BCUT2D eigenvalue weighted by Crippen LogP contribution is 2.33. The first-order chi connectivity index (χ1) is 18.9. The summed E-state index contributed by atoms with van der Waals surface area (Å²) in [4.78, 5) is 21.5. The summed E-state index contributed by atoms with van der Waals surface area (Å²) in [5, 5.41) is 19.3. The highest BCUT2D eigenvalue weighted by atomic mass is 16.3. The summed E-state index contributed by atoms with van der Waals surface area (Å²) in [6.07, 6.45) is 9.92. The van der Waals surface area contributed by atoms with Crippen molar-refractivity contribution in [3.63, 3.8) is 0 Å². The summed E-state index contributed by atoms with van der Waals surface area (Å²) in [6, 6.07) is 11.3. The number of aliphatic hydroxyl groups excluding tert-OH is 1. The van der Waals surface area contributed by atoms with Crippen LogP contribution in [-0.2, 0) is 0 Å². The Morgan fingerprint density at radius 1 is 1.15 bits per heavy atom. The van der Waals surface area contributed by atoms with E-state index in [1.807, 2.05) is 45.8 Å². The quantitative estimate of drug-likeness (QED) is 0.277. The van der Waals surface area contributed by atoms with Crippen LogP contribution < -0.4 is 11.1 Å². The van der Waals surface area contributed by atoms with Gasteiger partial charge in [-0.1, -0.05) is 13.8 Å². The molecule has 1 saturated carbocycles. The van der Waals surface area contributed by atoms with E-state index in [1.54, 1.807) is 24.9 Å². The van der Waals surface area contributed by atoms with E-state index >= 15 is 0 Å². The van der Waals surface area contributed by atoms with Gasteiger partial charge in [-0.05, 0) is 68.0 Å². The number of aliphatic hydroxyl groups is 1. The van der Waals surface area contributed by atoms with Gasteiger partial charge in [0, 0.05) is 24.1 Å². The van der Waals surface area contributed by atoms with Gasteiger partial charge in [-0.3, -0.25) is 4.79 Å². The van der Waals surface area contributed by atoms with E-state index in [4.69, 9.17) is 20.2 Å². The first-order valence-electron chi connectivity index (χ1n) is 13.2. The van der Waals surface area contributed by atoms with Gasteiger partial charge >= 0.3 is 0 Å². The number of pyridine rings is 1. The molecule has 4 aromatic heterocycles. The number of amides is 1. The van der Waals surface area contributed by atoms with Crippen LogP contribution in [0, 0.1) is 0 Å². The maximum atomic E-state index is 12.2. The first-order valence-corrected chi connectivity index (χ1v) is 13.2. The molecule has 200 valence electrons. The molecule has 0 aliphatic heterocycles. The fourth-order valence-electron chi connectivity index (χ4n) is 5.30. The second-order valence-electron chi connectivity index (χ2n) is 10.4. The number of nitrogens with zero attached hydrogens (tertiary/aromatic N) is 5. The topological polar surface area (TPSA) is 137 Å². The van der Waals surface area contributed by atoms with Crippen molar-refractivity contribution >= 4 is 22.6 Å². The molecule has 1 amide bonds. The van der Waals surface area contributed by atoms with E-state index < -0.39 is 5.91 Å². The van der Waals surface area contributed by atoms with Crippen LogP contribution >= 0.6 is 0 Å². The monoisotopic (exact) mass is 525 g/mol. The van der Waals surface area contributed by atoms with Gasteiger partial charge in [0.2, 0.25) is 0 Å². The fraction of sp³-hybridized carbons (Fsp3) is 0.310. The number of anilines is 1. The summed E-state index contributed by atoms with van der Waals surface area (Å²) in [7, 11) is 0. The predicted octanol–water partition coefficient (Wildman–Crippen LogP) is 4.80. The Hall–Kier alpha value is -4.44. The fourth-order valence-corrected chi connectivity index (χ4v) is 5.30. The van der Waals surface area contributed by atoms with Crippen LogP contribution in [0.15, 0.2) is 65.8 Å². The Balaban J connectivity index is 1.45. The van der Waals surface area contributed by atoms with Gasteiger partial charge < -0.3 is 25.1 Å². The minimum atomic E-state index is -0.499. The second kappa shape index (κ2) is 10.0. The molecule has 0 atom stereocenters. The number of primary amides is 1. The van der Waals surface area contributed by atoms with E-state index in [1.165, 1.54) is 0 Å². The number of imidazole rings is 1. The molecule has 5 aromatic rings. The van der Waals surface area contributed by atoms with Crippen LogP contribution in [0.3, 0.4) is 0 Å². The van der Waals surface area contributed by atoms with Crippen LogP contribution in [0.1, 0.15) is 61.5 Å². The lowest BCUT2D eigenvalue weighted by molar-refractivity contribution is 0.100. The Morgan fingerprint density at radius 2 is 1.97 bits per heavy atom. The van der Waals surface area contributed by atoms with Crippen LogP contribution in [0.5, 0.6) is 0 Å². The molecule has 6 rings (SSSR count). The highest BCUT2D eigenvalue weighted by Gasteiger charge is 2.23. The van der Waals surface area contributed by atoms with Crippen molar-refractivity contribution in [3.8, 4) is 22.8 Å². The normalized spacial score (nSPS) is 17.6. The maximum Gasteiger partial charge on any atom is 0.250 e. The molecule has 1 fully saturated rings. The summed E-state index contributed by atoms with van der Waals surface area (Å²) in [5.74, 6) is 0.322. The Labute approximate surface area is 225 Å². The van der Waals surface area contributed by atoms with Crippen LogP contribution in [-0.4, -0.2) is 47.5 Å². The molecule has 0 bridgehead atoms. The molecular weight excluding hydrogens is 494 g/mol. The van der Waals surface area contributed by atoms with E-state index in [0.29, 0.717) is 22.7 Å².